The van der Waals surface area contributed by atoms with Gasteiger partial charge in [0.2, 0.25) is 10.0 Å². The number of aromatic carboxylic acids is 1. The zero-order chi connectivity index (χ0) is 13.9. The van der Waals surface area contributed by atoms with Crippen LogP contribution in [0.4, 0.5) is 0 Å². The van der Waals surface area contributed by atoms with Crippen molar-refractivity contribution in [3.8, 4) is 12.3 Å². The second-order valence-electron chi connectivity index (χ2n) is 3.75. The maximum absolute atomic E-state index is 12.0. The molecule has 0 fully saturated rings. The Hall–Kier alpha value is -1.84. The number of terminal acetylenes is 1. The molecule has 0 spiro atoms. The average molecular weight is 267 g/mol. The van der Waals surface area contributed by atoms with Gasteiger partial charge in [0.1, 0.15) is 0 Å². The van der Waals surface area contributed by atoms with Crippen LogP contribution < -0.4 is 0 Å². The van der Waals surface area contributed by atoms with Crippen molar-refractivity contribution in [1.82, 2.24) is 4.31 Å². The first-order chi connectivity index (χ1) is 8.30. The molecule has 0 aliphatic heterocycles. The fourth-order valence-corrected chi connectivity index (χ4v) is 2.50. The zero-order valence-electron chi connectivity index (χ0n) is 10.0. The second kappa shape index (κ2) is 5.21. The molecule has 0 bridgehead atoms. The standard InChI is InChI=1S/C12H13NO4S/c1-4-7-13(3)18(16,17)10-6-5-9(2)11(8-10)12(14)15/h1,5-6,8H,7H2,2-3H3,(H,14,15). The van der Waals surface area contributed by atoms with Crippen LogP contribution in [0.15, 0.2) is 23.1 Å². The topological polar surface area (TPSA) is 74.7 Å². The number of carbonyl (C=O) groups is 1. The van der Waals surface area contributed by atoms with Gasteiger partial charge < -0.3 is 5.11 Å². The van der Waals surface area contributed by atoms with E-state index in [2.05, 4.69) is 5.92 Å². The summed E-state index contributed by atoms with van der Waals surface area (Å²) in [7, 11) is -2.40. The highest BCUT2D eigenvalue weighted by atomic mass is 32.2. The van der Waals surface area contributed by atoms with Gasteiger partial charge in [-0.2, -0.15) is 4.31 Å². The Morgan fingerprint density at radius 1 is 1.50 bits per heavy atom. The van der Waals surface area contributed by atoms with Gasteiger partial charge in [-0.05, 0) is 24.6 Å². The lowest BCUT2D eigenvalue weighted by Crippen LogP contribution is -2.27. The molecule has 6 heteroatoms. The summed E-state index contributed by atoms with van der Waals surface area (Å²) < 4.78 is 25.1. The first-order valence-corrected chi connectivity index (χ1v) is 6.48. The maximum atomic E-state index is 12.0. The number of nitrogens with zero attached hydrogens (tertiary/aromatic N) is 1. The Bertz CT molecular complexity index is 613. The van der Waals surface area contributed by atoms with Gasteiger partial charge >= 0.3 is 5.97 Å². The Labute approximate surface area is 106 Å². The van der Waals surface area contributed by atoms with E-state index < -0.39 is 16.0 Å². The number of benzene rings is 1. The third-order valence-electron chi connectivity index (χ3n) is 2.46. The molecule has 0 saturated heterocycles. The van der Waals surface area contributed by atoms with Crippen LogP contribution in [0.2, 0.25) is 0 Å². The van der Waals surface area contributed by atoms with Gasteiger partial charge in [-0.15, -0.1) is 6.42 Å². The van der Waals surface area contributed by atoms with Crippen LogP contribution in [-0.2, 0) is 10.0 Å². The van der Waals surface area contributed by atoms with Crippen LogP contribution in [0, 0.1) is 19.3 Å². The molecule has 1 aromatic carbocycles. The maximum Gasteiger partial charge on any atom is 0.335 e. The van der Waals surface area contributed by atoms with Crippen molar-refractivity contribution in [1.29, 1.82) is 0 Å². The average Bonchev–Trinajstić information content (AvgIpc) is 2.29. The molecule has 0 amide bonds. The van der Waals surface area contributed by atoms with E-state index in [4.69, 9.17) is 11.5 Å². The third kappa shape index (κ3) is 2.70. The van der Waals surface area contributed by atoms with Gasteiger partial charge in [-0.1, -0.05) is 12.0 Å². The van der Waals surface area contributed by atoms with Gasteiger partial charge in [-0.3, -0.25) is 0 Å². The lowest BCUT2D eigenvalue weighted by molar-refractivity contribution is 0.0696. The van der Waals surface area contributed by atoms with Crippen molar-refractivity contribution in [3.05, 3.63) is 29.3 Å². The first kappa shape index (κ1) is 14.2. The Balaban J connectivity index is 3.31. The molecule has 0 atom stereocenters. The van der Waals surface area contributed by atoms with E-state index in [1.165, 1.54) is 19.2 Å². The van der Waals surface area contributed by atoms with Crippen molar-refractivity contribution >= 4 is 16.0 Å². The Kier molecular flexibility index (Phi) is 4.11. The molecule has 0 unspecified atom stereocenters. The molecule has 96 valence electrons. The highest BCUT2D eigenvalue weighted by Crippen LogP contribution is 2.18. The van der Waals surface area contributed by atoms with Gasteiger partial charge in [0.15, 0.2) is 0 Å². The summed E-state index contributed by atoms with van der Waals surface area (Å²) in [5, 5.41) is 8.96. The van der Waals surface area contributed by atoms with Crippen LogP contribution in [0.5, 0.6) is 0 Å². The Morgan fingerprint density at radius 2 is 2.11 bits per heavy atom. The predicted molar refractivity (Wildman–Crippen MR) is 66.8 cm³/mol. The molecule has 0 saturated carbocycles. The monoisotopic (exact) mass is 267 g/mol. The number of rotatable bonds is 4. The molecule has 1 rings (SSSR count). The highest BCUT2D eigenvalue weighted by molar-refractivity contribution is 7.89. The lowest BCUT2D eigenvalue weighted by atomic mass is 10.1. The van der Waals surface area contributed by atoms with Crippen molar-refractivity contribution in [2.75, 3.05) is 13.6 Å². The fraction of sp³-hybridized carbons (Fsp3) is 0.250. The zero-order valence-corrected chi connectivity index (χ0v) is 10.9. The van der Waals surface area contributed by atoms with Crippen LogP contribution in [0.3, 0.4) is 0 Å². The SMILES string of the molecule is C#CCN(C)S(=O)(=O)c1ccc(C)c(C(=O)O)c1. The second-order valence-corrected chi connectivity index (χ2v) is 5.79. The summed E-state index contributed by atoms with van der Waals surface area (Å²) in [4.78, 5) is 10.9. The third-order valence-corrected chi connectivity index (χ3v) is 4.26. The summed E-state index contributed by atoms with van der Waals surface area (Å²) >= 11 is 0. The van der Waals surface area contributed by atoms with Crippen molar-refractivity contribution in [3.63, 3.8) is 0 Å². The van der Waals surface area contributed by atoms with E-state index in [-0.39, 0.29) is 17.0 Å². The van der Waals surface area contributed by atoms with Crippen LogP contribution in [0.1, 0.15) is 15.9 Å². The number of hydrogen-bond acceptors (Lipinski definition) is 3. The molecule has 1 aromatic rings. The molecule has 18 heavy (non-hydrogen) atoms. The number of sulfonamides is 1. The lowest BCUT2D eigenvalue weighted by Gasteiger charge is -2.15. The van der Waals surface area contributed by atoms with E-state index in [0.29, 0.717) is 5.56 Å². The highest BCUT2D eigenvalue weighted by Gasteiger charge is 2.21. The number of carboxylic acids is 1. The van der Waals surface area contributed by atoms with E-state index >= 15 is 0 Å². The first-order valence-electron chi connectivity index (χ1n) is 5.04. The van der Waals surface area contributed by atoms with E-state index in [0.717, 1.165) is 10.4 Å². The van der Waals surface area contributed by atoms with Crippen molar-refractivity contribution in [2.45, 2.75) is 11.8 Å². The van der Waals surface area contributed by atoms with Gasteiger partial charge in [0.25, 0.3) is 0 Å². The molecule has 0 radical (unpaired) electrons. The van der Waals surface area contributed by atoms with Crippen LogP contribution >= 0.6 is 0 Å². The van der Waals surface area contributed by atoms with Gasteiger partial charge in [0, 0.05) is 7.05 Å². The molecule has 0 aliphatic carbocycles. The molecule has 0 aromatic heterocycles. The minimum absolute atomic E-state index is 0.0369. The summed E-state index contributed by atoms with van der Waals surface area (Å²) in [6.45, 7) is 1.53. The normalized spacial score (nSPS) is 11.2. The molecule has 5 nitrogen and oxygen atoms in total. The smallest absolute Gasteiger partial charge is 0.335 e. The molecular formula is C12H13NO4S. The largest absolute Gasteiger partial charge is 0.478 e. The summed E-state index contributed by atoms with van der Waals surface area (Å²) in [6.07, 6.45) is 5.06. The molecule has 0 heterocycles. The van der Waals surface area contributed by atoms with Crippen LogP contribution in [-0.4, -0.2) is 37.4 Å². The van der Waals surface area contributed by atoms with Crippen molar-refractivity contribution < 1.29 is 18.3 Å². The van der Waals surface area contributed by atoms with Gasteiger partial charge in [-0.25, -0.2) is 13.2 Å². The quantitative estimate of drug-likeness (QED) is 0.824. The predicted octanol–water partition coefficient (Wildman–Crippen LogP) is 0.947. The van der Waals surface area contributed by atoms with Crippen molar-refractivity contribution in [2.24, 2.45) is 0 Å². The summed E-state index contributed by atoms with van der Waals surface area (Å²) in [5.74, 6) is 1.06. The molecule has 1 N–H and O–H groups in total. The minimum Gasteiger partial charge on any atom is -0.478 e. The number of aryl methyl sites for hydroxylation is 1. The minimum atomic E-state index is -3.75. The number of hydrogen-bond donors (Lipinski definition) is 1. The fourth-order valence-electron chi connectivity index (χ4n) is 1.39. The number of carboxylic acid groups (broad SMARTS) is 1. The summed E-state index contributed by atoms with van der Waals surface area (Å²) in [6, 6.07) is 3.96. The summed E-state index contributed by atoms with van der Waals surface area (Å²) in [5.41, 5.74) is 0.464. The van der Waals surface area contributed by atoms with E-state index in [9.17, 15) is 13.2 Å². The van der Waals surface area contributed by atoms with E-state index in [1.54, 1.807) is 6.92 Å². The van der Waals surface area contributed by atoms with Crippen LogP contribution in [0.25, 0.3) is 0 Å². The van der Waals surface area contributed by atoms with Gasteiger partial charge in [0.05, 0.1) is 17.0 Å². The Morgan fingerprint density at radius 3 is 2.61 bits per heavy atom. The molecular weight excluding hydrogens is 254 g/mol. The van der Waals surface area contributed by atoms with E-state index in [1.807, 2.05) is 0 Å². The molecule has 0 aliphatic rings.